The Bertz CT molecular complexity index is 770. The van der Waals surface area contributed by atoms with Gasteiger partial charge in [-0.3, -0.25) is 24.2 Å². The molecular weight excluding hydrogens is 255 g/mol. The molecule has 1 N–H and O–H groups in total. The van der Waals surface area contributed by atoms with Gasteiger partial charge >= 0.3 is 6.03 Å². The summed E-state index contributed by atoms with van der Waals surface area (Å²) in [5, 5.41) is 1.97. The molecule has 19 heavy (non-hydrogen) atoms. The standard InChI is InChI=1S/C11H7FN4O3/c12-9-8(16-5-7(17)14-11(16)19)10(18)13-6-3-1-2-4-15(6)9/h1-4H,5H2,(H,14,17,19). The van der Waals surface area contributed by atoms with Crippen molar-refractivity contribution in [1.82, 2.24) is 14.7 Å². The van der Waals surface area contributed by atoms with Gasteiger partial charge in [0.05, 0.1) is 0 Å². The lowest BCUT2D eigenvalue weighted by atomic mass is 10.4. The van der Waals surface area contributed by atoms with Gasteiger partial charge in [0, 0.05) is 6.20 Å². The van der Waals surface area contributed by atoms with Crippen molar-refractivity contribution in [2.24, 2.45) is 0 Å². The van der Waals surface area contributed by atoms with Crippen LogP contribution in [0.1, 0.15) is 0 Å². The minimum atomic E-state index is -0.930. The fraction of sp³-hybridized carbons (Fsp3) is 0.0909. The summed E-state index contributed by atoms with van der Waals surface area (Å²) in [5.74, 6) is -1.53. The quantitative estimate of drug-likeness (QED) is 0.574. The first kappa shape index (κ1) is 11.3. The highest BCUT2D eigenvalue weighted by atomic mass is 19.1. The van der Waals surface area contributed by atoms with Gasteiger partial charge in [-0.25, -0.2) is 4.79 Å². The Morgan fingerprint density at radius 3 is 2.74 bits per heavy atom. The zero-order valence-electron chi connectivity index (χ0n) is 9.46. The SMILES string of the molecule is O=C1CN(c2c(F)n3ccccc3nc2=O)C(=O)N1. The van der Waals surface area contributed by atoms with Crippen LogP contribution >= 0.6 is 0 Å². The van der Waals surface area contributed by atoms with Crippen molar-refractivity contribution in [3.63, 3.8) is 0 Å². The zero-order valence-corrected chi connectivity index (χ0v) is 9.46. The van der Waals surface area contributed by atoms with Crippen LogP contribution in [0.5, 0.6) is 0 Å². The largest absolute Gasteiger partial charge is 0.329 e. The van der Waals surface area contributed by atoms with Crippen molar-refractivity contribution in [3.8, 4) is 0 Å². The Morgan fingerprint density at radius 2 is 2.05 bits per heavy atom. The molecule has 0 unspecified atom stereocenters. The van der Waals surface area contributed by atoms with Crippen LogP contribution in [0.15, 0.2) is 29.2 Å². The number of rotatable bonds is 1. The summed E-state index contributed by atoms with van der Waals surface area (Å²) in [6.45, 7) is -0.397. The van der Waals surface area contributed by atoms with Gasteiger partial charge in [-0.15, -0.1) is 0 Å². The first-order valence-corrected chi connectivity index (χ1v) is 5.36. The Balaban J connectivity index is 2.27. The average molecular weight is 262 g/mol. The first-order chi connectivity index (χ1) is 9.08. The Labute approximate surface area is 105 Å². The van der Waals surface area contributed by atoms with E-state index in [0.717, 1.165) is 9.30 Å². The van der Waals surface area contributed by atoms with Crippen LogP contribution in [0.4, 0.5) is 14.9 Å². The number of anilines is 1. The molecule has 1 fully saturated rings. The highest BCUT2D eigenvalue weighted by molar-refractivity contribution is 6.12. The molecular formula is C11H7FN4O3. The minimum absolute atomic E-state index is 0.125. The van der Waals surface area contributed by atoms with Gasteiger partial charge in [0.15, 0.2) is 5.69 Å². The van der Waals surface area contributed by atoms with Gasteiger partial charge < -0.3 is 0 Å². The maximum absolute atomic E-state index is 14.3. The number of hydrogen-bond acceptors (Lipinski definition) is 4. The molecule has 0 aromatic carbocycles. The van der Waals surface area contributed by atoms with Crippen LogP contribution in [0.3, 0.4) is 0 Å². The summed E-state index contributed by atoms with van der Waals surface area (Å²) in [7, 11) is 0. The number of halogens is 1. The molecule has 1 saturated heterocycles. The van der Waals surface area contributed by atoms with Crippen LogP contribution in [-0.4, -0.2) is 27.9 Å². The van der Waals surface area contributed by atoms with Gasteiger partial charge in [-0.2, -0.15) is 9.37 Å². The van der Waals surface area contributed by atoms with Gasteiger partial charge in [-0.05, 0) is 12.1 Å². The molecule has 1 aliphatic heterocycles. The number of imide groups is 1. The summed E-state index contributed by atoms with van der Waals surface area (Å²) in [5.41, 5.74) is -1.31. The smallest absolute Gasteiger partial charge is 0.276 e. The average Bonchev–Trinajstić information content (AvgIpc) is 2.68. The number of aromatic nitrogens is 2. The maximum Gasteiger partial charge on any atom is 0.329 e. The maximum atomic E-state index is 14.3. The van der Waals surface area contributed by atoms with E-state index in [9.17, 15) is 18.8 Å². The van der Waals surface area contributed by atoms with Crippen LogP contribution in [-0.2, 0) is 4.79 Å². The normalized spacial score (nSPS) is 15.1. The number of nitrogens with zero attached hydrogens (tertiary/aromatic N) is 3. The van der Waals surface area contributed by atoms with Crippen molar-refractivity contribution in [3.05, 3.63) is 40.7 Å². The molecule has 0 spiro atoms. The third-order valence-corrected chi connectivity index (χ3v) is 2.73. The van der Waals surface area contributed by atoms with E-state index in [1.165, 1.54) is 12.3 Å². The van der Waals surface area contributed by atoms with Crippen LogP contribution in [0, 0.1) is 5.95 Å². The van der Waals surface area contributed by atoms with Gasteiger partial charge in [0.1, 0.15) is 12.2 Å². The summed E-state index contributed by atoms with van der Waals surface area (Å²) in [6.07, 6.45) is 1.37. The molecule has 3 rings (SSSR count). The van der Waals surface area contributed by atoms with Crippen molar-refractivity contribution in [1.29, 1.82) is 0 Å². The topological polar surface area (TPSA) is 83.8 Å². The molecule has 0 radical (unpaired) electrons. The monoisotopic (exact) mass is 262 g/mol. The molecule has 2 aromatic heterocycles. The summed E-state index contributed by atoms with van der Waals surface area (Å²) in [4.78, 5) is 38.8. The second-order valence-electron chi connectivity index (χ2n) is 3.92. The lowest BCUT2D eigenvalue weighted by Crippen LogP contribution is -2.34. The Hall–Kier alpha value is -2.77. The van der Waals surface area contributed by atoms with E-state index >= 15 is 0 Å². The molecule has 0 aliphatic carbocycles. The number of amides is 3. The molecule has 0 bridgehead atoms. The summed E-state index contributed by atoms with van der Waals surface area (Å²) in [6, 6.07) is 3.79. The van der Waals surface area contributed by atoms with E-state index in [1.54, 1.807) is 12.1 Å². The van der Waals surface area contributed by atoms with Crippen LogP contribution in [0.25, 0.3) is 5.65 Å². The number of pyridine rings is 1. The summed E-state index contributed by atoms with van der Waals surface area (Å²) >= 11 is 0. The second-order valence-corrected chi connectivity index (χ2v) is 3.92. The molecule has 3 heterocycles. The van der Waals surface area contributed by atoms with E-state index < -0.39 is 35.7 Å². The fourth-order valence-corrected chi connectivity index (χ4v) is 1.90. The number of fused-ring (bicyclic) bond motifs is 1. The predicted octanol–water partition coefficient (Wildman–Crippen LogP) is -0.110. The number of nitrogens with one attached hydrogen (secondary N) is 1. The highest BCUT2D eigenvalue weighted by Gasteiger charge is 2.33. The molecule has 2 aromatic rings. The van der Waals surface area contributed by atoms with Crippen molar-refractivity contribution in [2.75, 3.05) is 11.4 Å². The molecule has 1 aliphatic rings. The molecule has 7 nitrogen and oxygen atoms in total. The molecule has 8 heteroatoms. The third kappa shape index (κ3) is 1.65. The number of hydrogen-bond donors (Lipinski definition) is 1. The zero-order chi connectivity index (χ0) is 13.6. The first-order valence-electron chi connectivity index (χ1n) is 5.36. The van der Waals surface area contributed by atoms with E-state index in [-0.39, 0.29) is 5.65 Å². The minimum Gasteiger partial charge on any atom is -0.276 e. The van der Waals surface area contributed by atoms with E-state index in [2.05, 4.69) is 4.98 Å². The number of urea groups is 1. The molecule has 0 atom stereocenters. The summed E-state index contributed by atoms with van der Waals surface area (Å²) < 4.78 is 15.3. The van der Waals surface area contributed by atoms with Crippen molar-refractivity contribution >= 4 is 23.3 Å². The third-order valence-electron chi connectivity index (χ3n) is 2.73. The Kier molecular flexibility index (Phi) is 2.31. The fourth-order valence-electron chi connectivity index (χ4n) is 1.90. The molecule has 3 amide bonds. The molecule has 96 valence electrons. The van der Waals surface area contributed by atoms with Gasteiger partial charge in [-0.1, -0.05) is 6.07 Å². The number of carbonyl (C=O) groups is 2. The van der Waals surface area contributed by atoms with Crippen LogP contribution in [0.2, 0.25) is 0 Å². The second kappa shape index (κ2) is 3.87. The van der Waals surface area contributed by atoms with Crippen molar-refractivity contribution in [2.45, 2.75) is 0 Å². The van der Waals surface area contributed by atoms with E-state index in [1.807, 2.05) is 5.32 Å². The van der Waals surface area contributed by atoms with Crippen LogP contribution < -0.4 is 15.8 Å². The van der Waals surface area contributed by atoms with Gasteiger partial charge in [0.2, 0.25) is 11.9 Å². The van der Waals surface area contributed by atoms with E-state index in [0.29, 0.717) is 0 Å². The molecule has 0 saturated carbocycles. The van der Waals surface area contributed by atoms with E-state index in [4.69, 9.17) is 0 Å². The van der Waals surface area contributed by atoms with Crippen molar-refractivity contribution < 1.29 is 14.0 Å². The highest BCUT2D eigenvalue weighted by Crippen LogP contribution is 2.17. The number of carbonyl (C=O) groups excluding carboxylic acids is 2. The lowest BCUT2D eigenvalue weighted by Gasteiger charge is -2.14. The lowest BCUT2D eigenvalue weighted by molar-refractivity contribution is -0.117. The van der Waals surface area contributed by atoms with Gasteiger partial charge in [0.25, 0.3) is 5.56 Å². The predicted molar refractivity (Wildman–Crippen MR) is 62.3 cm³/mol. The Morgan fingerprint density at radius 1 is 1.26 bits per heavy atom.